The summed E-state index contributed by atoms with van der Waals surface area (Å²) in [6.07, 6.45) is 3.27. The average molecular weight is 358 g/mol. The van der Waals surface area contributed by atoms with Gasteiger partial charge in [0.05, 0.1) is 6.54 Å². The van der Waals surface area contributed by atoms with Crippen molar-refractivity contribution in [2.75, 3.05) is 58.2 Å². The number of hydrogen-bond acceptors (Lipinski definition) is 4. The lowest BCUT2D eigenvalue weighted by molar-refractivity contribution is -0.117. The number of rotatable bonds is 4. The average Bonchev–Trinajstić information content (AvgIpc) is 3.07. The lowest BCUT2D eigenvalue weighted by Gasteiger charge is -2.20. The van der Waals surface area contributed by atoms with Crippen LogP contribution >= 0.6 is 0 Å². The summed E-state index contributed by atoms with van der Waals surface area (Å²) in [6.45, 7) is 8.03. The largest absolute Gasteiger partial charge is 0.339 e. The van der Waals surface area contributed by atoms with Gasteiger partial charge in [-0.15, -0.1) is 0 Å². The smallest absolute Gasteiger partial charge is 0.253 e. The molecule has 6 nitrogen and oxygen atoms in total. The second-order valence-electron chi connectivity index (χ2n) is 7.51. The Kier molecular flexibility index (Phi) is 6.27. The lowest BCUT2D eigenvalue weighted by Crippen LogP contribution is -2.36. The zero-order valence-corrected chi connectivity index (χ0v) is 16.0. The molecule has 2 saturated heterocycles. The summed E-state index contributed by atoms with van der Waals surface area (Å²) in [6, 6.07) is 5.56. The maximum Gasteiger partial charge on any atom is 0.253 e. The van der Waals surface area contributed by atoms with Crippen molar-refractivity contribution in [1.82, 2.24) is 14.7 Å². The van der Waals surface area contributed by atoms with Crippen LogP contribution in [0.3, 0.4) is 0 Å². The van der Waals surface area contributed by atoms with E-state index in [-0.39, 0.29) is 11.8 Å². The molecule has 1 N–H and O–H groups in total. The van der Waals surface area contributed by atoms with Crippen molar-refractivity contribution in [3.63, 3.8) is 0 Å². The Morgan fingerprint density at radius 2 is 1.77 bits per heavy atom. The number of anilines is 1. The first kappa shape index (κ1) is 18.9. The molecule has 6 heteroatoms. The van der Waals surface area contributed by atoms with E-state index in [9.17, 15) is 9.59 Å². The van der Waals surface area contributed by atoms with Gasteiger partial charge in [-0.25, -0.2) is 0 Å². The fourth-order valence-electron chi connectivity index (χ4n) is 3.69. The van der Waals surface area contributed by atoms with Gasteiger partial charge in [0, 0.05) is 37.4 Å². The molecule has 26 heavy (non-hydrogen) atoms. The van der Waals surface area contributed by atoms with Gasteiger partial charge < -0.3 is 15.1 Å². The number of likely N-dealkylation sites (N-methyl/N-ethyl adjacent to an activating group) is 1. The fraction of sp³-hybridized carbons (Fsp3) is 0.600. The van der Waals surface area contributed by atoms with Crippen LogP contribution in [-0.2, 0) is 4.79 Å². The van der Waals surface area contributed by atoms with E-state index in [4.69, 9.17) is 0 Å². The van der Waals surface area contributed by atoms with Gasteiger partial charge in [0.15, 0.2) is 0 Å². The lowest BCUT2D eigenvalue weighted by atomic mass is 10.1. The number of nitrogens with zero attached hydrogens (tertiary/aromatic N) is 3. The van der Waals surface area contributed by atoms with E-state index < -0.39 is 0 Å². The zero-order chi connectivity index (χ0) is 18.5. The first-order valence-electron chi connectivity index (χ1n) is 9.63. The molecule has 0 radical (unpaired) electrons. The van der Waals surface area contributed by atoms with Gasteiger partial charge in [0.1, 0.15) is 0 Å². The van der Waals surface area contributed by atoms with Crippen LogP contribution in [-0.4, -0.2) is 79.4 Å². The Morgan fingerprint density at radius 1 is 1.00 bits per heavy atom. The predicted octanol–water partition coefficient (Wildman–Crippen LogP) is 1.81. The van der Waals surface area contributed by atoms with Crippen LogP contribution in [0.25, 0.3) is 0 Å². The molecule has 2 heterocycles. The number of benzene rings is 1. The fourth-order valence-corrected chi connectivity index (χ4v) is 3.69. The molecule has 0 unspecified atom stereocenters. The van der Waals surface area contributed by atoms with Crippen molar-refractivity contribution in [2.45, 2.75) is 26.2 Å². The molecular weight excluding hydrogens is 328 g/mol. The first-order valence-corrected chi connectivity index (χ1v) is 9.63. The van der Waals surface area contributed by atoms with Crippen molar-refractivity contribution < 1.29 is 9.59 Å². The molecule has 2 aliphatic heterocycles. The number of carbonyl (C=O) groups is 2. The number of aryl methyl sites for hydroxylation is 1. The summed E-state index contributed by atoms with van der Waals surface area (Å²) in [5.41, 5.74) is 2.43. The Hall–Kier alpha value is -1.92. The standard InChI is InChI=1S/C20H30N4O2/c1-16-14-17(20(26)24-10-3-4-11-24)6-7-18(16)21-19(25)15-23-9-5-8-22(2)12-13-23/h6-7,14H,3-5,8-13,15H2,1-2H3,(H,21,25). The third-order valence-corrected chi connectivity index (χ3v) is 5.32. The Balaban J connectivity index is 1.57. The number of nitrogens with one attached hydrogen (secondary N) is 1. The van der Waals surface area contributed by atoms with Crippen LogP contribution < -0.4 is 5.32 Å². The third-order valence-electron chi connectivity index (χ3n) is 5.32. The minimum absolute atomic E-state index is 0.0104. The summed E-state index contributed by atoms with van der Waals surface area (Å²) in [7, 11) is 2.12. The summed E-state index contributed by atoms with van der Waals surface area (Å²) in [5, 5.41) is 3.01. The number of carbonyl (C=O) groups excluding carboxylic acids is 2. The quantitative estimate of drug-likeness (QED) is 0.892. The van der Waals surface area contributed by atoms with Crippen LogP contribution in [0.15, 0.2) is 18.2 Å². The molecule has 0 aromatic heterocycles. The minimum Gasteiger partial charge on any atom is -0.339 e. The molecule has 0 aliphatic carbocycles. The molecule has 1 aromatic rings. The molecule has 2 aliphatic rings. The van der Waals surface area contributed by atoms with Gasteiger partial charge in [-0.2, -0.15) is 0 Å². The topological polar surface area (TPSA) is 55.9 Å². The van der Waals surface area contributed by atoms with Gasteiger partial charge in [0.25, 0.3) is 5.91 Å². The maximum absolute atomic E-state index is 12.5. The van der Waals surface area contributed by atoms with E-state index in [2.05, 4.69) is 22.2 Å². The molecule has 142 valence electrons. The van der Waals surface area contributed by atoms with Crippen LogP contribution in [0, 0.1) is 6.92 Å². The van der Waals surface area contributed by atoms with E-state index >= 15 is 0 Å². The molecule has 0 saturated carbocycles. The van der Waals surface area contributed by atoms with Gasteiger partial charge in [-0.05, 0) is 70.1 Å². The number of hydrogen-bond donors (Lipinski definition) is 1. The van der Waals surface area contributed by atoms with Crippen LogP contribution in [0.1, 0.15) is 35.2 Å². The second kappa shape index (κ2) is 8.64. The van der Waals surface area contributed by atoms with Crippen molar-refractivity contribution in [1.29, 1.82) is 0 Å². The Morgan fingerprint density at radius 3 is 2.50 bits per heavy atom. The minimum atomic E-state index is 0.0104. The number of likely N-dealkylation sites (tertiary alicyclic amines) is 1. The summed E-state index contributed by atoms with van der Waals surface area (Å²) >= 11 is 0. The summed E-state index contributed by atoms with van der Waals surface area (Å²) < 4.78 is 0. The predicted molar refractivity (Wildman–Crippen MR) is 104 cm³/mol. The van der Waals surface area contributed by atoms with Crippen molar-refractivity contribution in [3.05, 3.63) is 29.3 Å². The monoisotopic (exact) mass is 358 g/mol. The highest BCUT2D eigenvalue weighted by Crippen LogP contribution is 2.19. The second-order valence-corrected chi connectivity index (χ2v) is 7.51. The summed E-state index contributed by atoms with van der Waals surface area (Å²) in [4.78, 5) is 31.3. The SMILES string of the molecule is Cc1cc(C(=O)N2CCCC2)ccc1NC(=O)CN1CCCN(C)CC1. The zero-order valence-electron chi connectivity index (χ0n) is 16.0. The van der Waals surface area contributed by atoms with E-state index in [0.29, 0.717) is 12.1 Å². The van der Waals surface area contributed by atoms with E-state index in [1.165, 1.54) is 0 Å². The third kappa shape index (κ3) is 4.83. The highest BCUT2D eigenvalue weighted by molar-refractivity contribution is 5.97. The van der Waals surface area contributed by atoms with E-state index in [1.54, 1.807) is 0 Å². The van der Waals surface area contributed by atoms with Gasteiger partial charge in [0.2, 0.25) is 5.91 Å². The molecule has 2 fully saturated rings. The van der Waals surface area contributed by atoms with Crippen molar-refractivity contribution >= 4 is 17.5 Å². The highest BCUT2D eigenvalue weighted by Gasteiger charge is 2.20. The Labute approximate surface area is 156 Å². The van der Waals surface area contributed by atoms with Crippen molar-refractivity contribution in [2.24, 2.45) is 0 Å². The van der Waals surface area contributed by atoms with Gasteiger partial charge in [-0.3, -0.25) is 14.5 Å². The van der Waals surface area contributed by atoms with Crippen LogP contribution in [0.4, 0.5) is 5.69 Å². The highest BCUT2D eigenvalue weighted by atomic mass is 16.2. The van der Waals surface area contributed by atoms with Crippen molar-refractivity contribution in [3.8, 4) is 0 Å². The van der Waals surface area contributed by atoms with Gasteiger partial charge in [-0.1, -0.05) is 0 Å². The van der Waals surface area contributed by atoms with Crippen LogP contribution in [0.5, 0.6) is 0 Å². The molecule has 1 aromatic carbocycles. The molecule has 2 amide bonds. The molecule has 0 spiro atoms. The molecular formula is C20H30N4O2. The summed E-state index contributed by atoms with van der Waals surface area (Å²) in [5.74, 6) is 0.105. The van der Waals surface area contributed by atoms with Crippen LogP contribution in [0.2, 0.25) is 0 Å². The Bertz CT molecular complexity index is 655. The normalized spacial score (nSPS) is 19.4. The van der Waals surface area contributed by atoms with E-state index in [1.807, 2.05) is 30.0 Å². The number of amides is 2. The van der Waals surface area contributed by atoms with Gasteiger partial charge >= 0.3 is 0 Å². The maximum atomic E-state index is 12.5. The molecule has 0 atom stereocenters. The first-order chi connectivity index (χ1) is 12.5. The molecule has 3 rings (SSSR count). The van der Waals surface area contributed by atoms with E-state index in [0.717, 1.165) is 69.8 Å². The molecule has 0 bridgehead atoms.